The molecule has 3 unspecified atom stereocenters. The molecule has 5 aliphatic carbocycles. The van der Waals surface area contributed by atoms with Gasteiger partial charge < -0.3 is 101 Å². The maximum absolute atomic E-state index is 11.1. The SMILES string of the molecule is C.C.C=C(C)C1(O)CCC2(CC1)OCCO2.COc1cc(/C=C(\C)C2(O)CCC3(CC2)OCCO3)ccc1C.COc1cc(CC(C)C2(O)CCC3(CC2)OCCO3)ccc1C.COc1cc(CC(C)C2=CCC3(CC2)OCCO3)ccc1C.COc1cc(CC(C)[C@]2(O)CCC3(C[C@H]2O)OCCO3)ccc1C.COc1ccc(I)cc1OC.I. The van der Waals surface area contributed by atoms with E-state index in [2.05, 4.69) is 111 Å². The summed E-state index contributed by atoms with van der Waals surface area (Å²) in [6.45, 7) is 29.0. The molecule has 0 aromatic heterocycles. The van der Waals surface area contributed by atoms with Gasteiger partial charge >= 0.3 is 0 Å². The van der Waals surface area contributed by atoms with Crippen molar-refractivity contribution in [2.75, 3.05) is 109 Å². The minimum absolute atomic E-state index is 0. The number of halogens is 2. The fourth-order valence-electron chi connectivity index (χ4n) is 18.0. The Morgan fingerprint density at radius 3 is 1.20 bits per heavy atom. The summed E-state index contributed by atoms with van der Waals surface area (Å²) < 4.78 is 90.0. The molecule has 10 aliphatic rings. The molecule has 0 radical (unpaired) electrons. The second-order valence-electron chi connectivity index (χ2n) is 34.0. The van der Waals surface area contributed by atoms with Gasteiger partial charge in [0, 0.05) is 67.8 Å². The summed E-state index contributed by atoms with van der Waals surface area (Å²) in [7, 11) is 10.0. The van der Waals surface area contributed by atoms with E-state index >= 15 is 0 Å². The van der Waals surface area contributed by atoms with Gasteiger partial charge in [-0.2, -0.15) is 0 Å². The van der Waals surface area contributed by atoms with Crippen molar-refractivity contribution in [2.45, 2.75) is 269 Å². The highest BCUT2D eigenvalue weighted by Crippen LogP contribution is 2.49. The molecule has 9 fully saturated rings. The van der Waals surface area contributed by atoms with Crippen LogP contribution in [0.15, 0.2) is 120 Å². The van der Waals surface area contributed by atoms with Gasteiger partial charge in [0.2, 0.25) is 0 Å². The van der Waals surface area contributed by atoms with Crippen LogP contribution in [0.4, 0.5) is 0 Å². The number of aliphatic hydroxyl groups excluding tert-OH is 1. The van der Waals surface area contributed by atoms with Crippen LogP contribution in [0.1, 0.15) is 210 Å². The number of hydrogen-bond donors (Lipinski definition) is 5. The van der Waals surface area contributed by atoms with Crippen molar-refractivity contribution < 1.29 is 101 Å². The first kappa shape index (κ1) is 102. The molecule has 5 saturated heterocycles. The van der Waals surface area contributed by atoms with Gasteiger partial charge in [-0.25, -0.2) is 0 Å². The van der Waals surface area contributed by atoms with E-state index in [1.54, 1.807) is 42.7 Å². The zero-order valence-electron chi connectivity index (χ0n) is 72.8. The maximum atomic E-state index is 11.1. The highest BCUT2D eigenvalue weighted by molar-refractivity contribution is 14.1. The molecule has 5 heterocycles. The van der Waals surface area contributed by atoms with Crippen molar-refractivity contribution in [3.63, 3.8) is 0 Å². The summed E-state index contributed by atoms with van der Waals surface area (Å²) in [6.07, 6.45) is 19.3. The van der Waals surface area contributed by atoms with Crippen LogP contribution in [0.3, 0.4) is 0 Å². The smallest absolute Gasteiger partial charge is 0.172 e. The van der Waals surface area contributed by atoms with Crippen LogP contribution in [0.2, 0.25) is 0 Å². The van der Waals surface area contributed by atoms with E-state index in [1.807, 2.05) is 84.0 Å². The lowest BCUT2D eigenvalue weighted by Crippen LogP contribution is -2.57. The Bertz CT molecular complexity index is 4060. The molecule has 5 aromatic rings. The first-order chi connectivity index (χ1) is 55.8. The highest BCUT2D eigenvalue weighted by atomic mass is 127. The summed E-state index contributed by atoms with van der Waals surface area (Å²) in [5.41, 5.74) is 9.34. The monoisotopic (exact) mass is 1900 g/mol. The van der Waals surface area contributed by atoms with Gasteiger partial charge in [-0.05, 0) is 251 Å². The van der Waals surface area contributed by atoms with Gasteiger partial charge in [-0.3, -0.25) is 0 Å². The normalized spacial score (nSPS) is 25.0. The van der Waals surface area contributed by atoms with Crippen LogP contribution in [-0.4, -0.2) is 192 Å². The van der Waals surface area contributed by atoms with E-state index in [-0.39, 0.29) is 62.2 Å². The fourth-order valence-corrected chi connectivity index (χ4v) is 18.4. The molecule has 23 heteroatoms. The average molecular weight is 1900 g/mol. The number of ether oxygens (including phenoxy) is 16. The summed E-state index contributed by atoms with van der Waals surface area (Å²) >= 11 is 2.23. The summed E-state index contributed by atoms with van der Waals surface area (Å²) in [5, 5.41) is 54.0. The van der Waals surface area contributed by atoms with E-state index in [0.29, 0.717) is 110 Å². The van der Waals surface area contributed by atoms with Gasteiger partial charge in [0.25, 0.3) is 0 Å². The number of methoxy groups -OCH3 is 6. The molecule has 5 aliphatic heterocycles. The average Bonchev–Trinajstić information content (AvgIpc) is 1.32. The Hall–Kier alpha value is -5.02. The number of hydrogen-bond acceptors (Lipinski definition) is 21. The zero-order chi connectivity index (χ0) is 84.5. The lowest BCUT2D eigenvalue weighted by atomic mass is 9.70. The van der Waals surface area contributed by atoms with E-state index in [1.165, 1.54) is 22.3 Å². The third-order valence-electron chi connectivity index (χ3n) is 26.2. The summed E-state index contributed by atoms with van der Waals surface area (Å²) in [6, 6.07) is 30.8. The molecular weight excluding hydrogens is 1750 g/mol. The van der Waals surface area contributed by atoms with Crippen molar-refractivity contribution in [1.82, 2.24) is 0 Å². The lowest BCUT2D eigenvalue weighted by molar-refractivity contribution is -0.246. The Morgan fingerprint density at radius 1 is 0.433 bits per heavy atom. The second kappa shape index (κ2) is 45.4. The first-order valence-corrected chi connectivity index (χ1v) is 43.3. The lowest BCUT2D eigenvalue weighted by Gasteiger charge is -2.47. The predicted octanol–water partition coefficient (Wildman–Crippen LogP) is 18.7. The van der Waals surface area contributed by atoms with Crippen LogP contribution in [-0.2, 0) is 66.6 Å². The van der Waals surface area contributed by atoms with Crippen molar-refractivity contribution >= 4 is 52.6 Å². The molecule has 0 amide bonds. The van der Waals surface area contributed by atoms with Crippen LogP contribution in [0.25, 0.3) is 6.08 Å². The molecule has 5 aromatic carbocycles. The van der Waals surface area contributed by atoms with Gasteiger partial charge in [0.1, 0.15) is 23.0 Å². The van der Waals surface area contributed by atoms with E-state index in [9.17, 15) is 25.5 Å². The molecule has 672 valence electrons. The molecule has 4 saturated carbocycles. The van der Waals surface area contributed by atoms with Crippen molar-refractivity contribution in [3.05, 3.63) is 168 Å². The van der Waals surface area contributed by atoms with Crippen LogP contribution in [0, 0.1) is 49.0 Å². The summed E-state index contributed by atoms with van der Waals surface area (Å²) in [5.74, 6) is 3.56. The highest BCUT2D eigenvalue weighted by Gasteiger charge is 2.54. The number of allylic oxidation sites excluding steroid dienone is 1. The number of benzene rings is 5. The van der Waals surface area contributed by atoms with E-state index < -0.39 is 45.9 Å². The molecular formula is C97H144I2O21. The first-order valence-electron chi connectivity index (χ1n) is 42.2. The molecule has 21 nitrogen and oxygen atoms in total. The molecule has 5 atom stereocenters. The standard InChI is InChI=1S/C19H28O5.C19H28O4.C19H26O4.C19H26O3.C11H18O3.C8H9IO2.2CH4.HI/c1-13-4-5-15(11-16(13)22-3)10-14(2)19(21)7-6-18(12-17(19)20)23-8-9-24-18;2*1-14-4-5-16(13-17(14)21-3)12-15(2)18(20)6-8-19(9-7-18)22-10-11-23-19;1-14-4-5-16(13-18(14)20-3)12-15(2)17-6-8-19(9-7-17)21-10-11-22-19;1-9(2)10(12)3-5-11(6-4-10)13-7-8-14-11;1-10-7-4-3-6(9)5-8(7)11-2;;;/h4-5,11,14,17,20-21H,6-10,12H2,1-3H3;4-5,13,15,20H,6-12H2,1-3H3;4-5,12-13,20H,6-11H2,1-3H3;4-6,13,15H,7-12H2,1-3H3;12H,1,3-8H2,2H3;3-5H,1-2H3;2*1H4;1H/b;;15-12+;;;;;;/t14?,17-,19-;;;;;;;;/m1......../s1. The van der Waals surface area contributed by atoms with Gasteiger partial charge in [0.15, 0.2) is 40.4 Å². The number of aliphatic hydroxyl groups is 5. The molecule has 5 N–H and O–H groups in total. The summed E-state index contributed by atoms with van der Waals surface area (Å²) in [4.78, 5) is 0. The Balaban J connectivity index is 0.000000201. The molecule has 0 bridgehead atoms. The predicted molar refractivity (Wildman–Crippen MR) is 489 cm³/mol. The van der Waals surface area contributed by atoms with Gasteiger partial charge in [0.05, 0.1) is 137 Å². The third-order valence-corrected chi connectivity index (χ3v) is 26.9. The molecule has 5 spiro atoms. The Kier molecular flexibility index (Phi) is 38.6. The van der Waals surface area contributed by atoms with Gasteiger partial charge in [-0.15, -0.1) is 24.0 Å². The maximum Gasteiger partial charge on any atom is 0.172 e. The largest absolute Gasteiger partial charge is 0.496 e. The third kappa shape index (κ3) is 26.1. The molecule has 15 rings (SSSR count). The minimum Gasteiger partial charge on any atom is -0.496 e. The minimum atomic E-state index is -1.13. The van der Waals surface area contributed by atoms with Crippen LogP contribution >= 0.6 is 46.6 Å². The Morgan fingerprint density at radius 2 is 0.800 bits per heavy atom. The quantitative estimate of drug-likeness (QED) is 0.0404. The number of aryl methyl sites for hydroxylation is 4. The zero-order valence-corrected chi connectivity index (χ0v) is 77.3. The van der Waals surface area contributed by atoms with E-state index in [4.69, 9.17) is 75.8 Å². The van der Waals surface area contributed by atoms with Crippen molar-refractivity contribution in [3.8, 4) is 34.5 Å². The van der Waals surface area contributed by atoms with Gasteiger partial charge in [-0.1, -0.05) is 108 Å². The second-order valence-corrected chi connectivity index (χ2v) is 35.2. The molecule has 120 heavy (non-hydrogen) atoms. The van der Waals surface area contributed by atoms with Crippen LogP contribution < -0.4 is 28.4 Å². The topological polar surface area (TPSA) is 249 Å². The van der Waals surface area contributed by atoms with Crippen molar-refractivity contribution in [2.24, 2.45) is 17.8 Å². The van der Waals surface area contributed by atoms with Crippen LogP contribution in [0.5, 0.6) is 34.5 Å². The Labute approximate surface area is 747 Å². The van der Waals surface area contributed by atoms with Crippen molar-refractivity contribution in [1.29, 1.82) is 0 Å². The number of rotatable bonds is 18. The fraction of sp³-hybridized carbons (Fsp3) is 0.629. The van der Waals surface area contributed by atoms with E-state index in [0.717, 1.165) is 174 Å².